The molecule has 2 heterocycles. The topological polar surface area (TPSA) is 84.0 Å². The van der Waals surface area contributed by atoms with Crippen LogP contribution in [0.1, 0.15) is 5.56 Å². The molecule has 0 unspecified atom stereocenters. The summed E-state index contributed by atoms with van der Waals surface area (Å²) in [7, 11) is -1.92. The van der Waals surface area contributed by atoms with Crippen LogP contribution in [0, 0.1) is 6.92 Å². The standard InChI is InChI=1S/C12H14N4O2S/c1-9-5-10(7-14-6-9)16-19(17,18)11-3-4-12(13-2)15-8-11/h3-8,16H,1-2H3,(H,13,15). The van der Waals surface area contributed by atoms with Crippen molar-refractivity contribution in [3.63, 3.8) is 0 Å². The highest BCUT2D eigenvalue weighted by Gasteiger charge is 2.14. The van der Waals surface area contributed by atoms with Crippen LogP contribution < -0.4 is 10.0 Å². The van der Waals surface area contributed by atoms with Gasteiger partial charge < -0.3 is 5.32 Å². The fourth-order valence-electron chi connectivity index (χ4n) is 1.51. The number of aromatic nitrogens is 2. The van der Waals surface area contributed by atoms with Crippen LogP contribution in [0.15, 0.2) is 41.7 Å². The smallest absolute Gasteiger partial charge is 0.263 e. The second-order valence-electron chi connectivity index (χ2n) is 3.99. The third-order valence-corrected chi connectivity index (χ3v) is 3.80. The molecule has 2 N–H and O–H groups in total. The fourth-order valence-corrected chi connectivity index (χ4v) is 2.49. The molecule has 0 amide bonds. The van der Waals surface area contributed by atoms with Crippen molar-refractivity contribution in [3.05, 3.63) is 42.4 Å². The van der Waals surface area contributed by atoms with E-state index in [1.165, 1.54) is 18.5 Å². The summed E-state index contributed by atoms with van der Waals surface area (Å²) in [5.74, 6) is 0.608. The van der Waals surface area contributed by atoms with Gasteiger partial charge >= 0.3 is 0 Å². The van der Waals surface area contributed by atoms with Gasteiger partial charge in [-0.1, -0.05) is 0 Å². The molecule has 0 aliphatic carbocycles. The third-order valence-electron chi connectivity index (χ3n) is 2.43. The van der Waals surface area contributed by atoms with Crippen LogP contribution in [-0.4, -0.2) is 25.4 Å². The average Bonchev–Trinajstić information content (AvgIpc) is 2.38. The average molecular weight is 278 g/mol. The minimum absolute atomic E-state index is 0.105. The van der Waals surface area contributed by atoms with E-state index in [-0.39, 0.29) is 4.90 Å². The Morgan fingerprint density at radius 3 is 2.53 bits per heavy atom. The number of pyridine rings is 2. The Bertz CT molecular complexity index is 668. The first kappa shape index (κ1) is 13.3. The van der Waals surface area contributed by atoms with Crippen LogP contribution in [0.3, 0.4) is 0 Å². The Morgan fingerprint density at radius 2 is 1.95 bits per heavy atom. The maximum absolute atomic E-state index is 12.1. The number of anilines is 2. The molecule has 2 aromatic rings. The lowest BCUT2D eigenvalue weighted by Crippen LogP contribution is -2.13. The minimum Gasteiger partial charge on any atom is -0.373 e. The molecule has 19 heavy (non-hydrogen) atoms. The van der Waals surface area contributed by atoms with E-state index in [0.717, 1.165) is 5.56 Å². The highest BCUT2D eigenvalue weighted by atomic mass is 32.2. The highest BCUT2D eigenvalue weighted by molar-refractivity contribution is 7.92. The van der Waals surface area contributed by atoms with Crippen molar-refractivity contribution in [2.24, 2.45) is 0 Å². The van der Waals surface area contributed by atoms with Crippen LogP contribution >= 0.6 is 0 Å². The summed E-state index contributed by atoms with van der Waals surface area (Å²) >= 11 is 0. The highest BCUT2D eigenvalue weighted by Crippen LogP contribution is 2.16. The molecule has 0 saturated heterocycles. The number of hydrogen-bond donors (Lipinski definition) is 2. The second kappa shape index (κ2) is 5.23. The first-order valence-electron chi connectivity index (χ1n) is 5.59. The van der Waals surface area contributed by atoms with Gasteiger partial charge in [-0.05, 0) is 30.7 Å². The summed E-state index contributed by atoms with van der Waals surface area (Å²) in [6.07, 6.45) is 4.42. The summed E-state index contributed by atoms with van der Waals surface area (Å²) < 4.78 is 26.7. The van der Waals surface area contributed by atoms with E-state index in [2.05, 4.69) is 20.0 Å². The summed E-state index contributed by atoms with van der Waals surface area (Å²) in [6.45, 7) is 1.84. The van der Waals surface area contributed by atoms with Gasteiger partial charge in [0.25, 0.3) is 10.0 Å². The molecule has 0 saturated carbocycles. The van der Waals surface area contributed by atoms with E-state index in [1.54, 1.807) is 25.4 Å². The van der Waals surface area contributed by atoms with Gasteiger partial charge in [0.15, 0.2) is 0 Å². The van der Waals surface area contributed by atoms with Gasteiger partial charge in [0.1, 0.15) is 10.7 Å². The van der Waals surface area contributed by atoms with Gasteiger partial charge in [-0.25, -0.2) is 13.4 Å². The molecule has 6 nitrogen and oxygen atoms in total. The lowest BCUT2D eigenvalue weighted by atomic mass is 10.3. The normalized spacial score (nSPS) is 11.1. The molecule has 7 heteroatoms. The van der Waals surface area contributed by atoms with E-state index in [4.69, 9.17) is 0 Å². The van der Waals surface area contributed by atoms with E-state index in [9.17, 15) is 8.42 Å². The Morgan fingerprint density at radius 1 is 1.16 bits per heavy atom. The monoisotopic (exact) mass is 278 g/mol. The number of sulfonamides is 1. The summed E-state index contributed by atoms with van der Waals surface area (Å²) in [5.41, 5.74) is 1.31. The maximum atomic E-state index is 12.1. The summed E-state index contributed by atoms with van der Waals surface area (Å²) in [5, 5.41) is 2.83. The zero-order valence-electron chi connectivity index (χ0n) is 10.6. The van der Waals surface area contributed by atoms with Crippen molar-refractivity contribution in [1.82, 2.24) is 9.97 Å². The second-order valence-corrected chi connectivity index (χ2v) is 5.67. The number of nitrogens with zero attached hydrogens (tertiary/aromatic N) is 2. The van der Waals surface area contributed by atoms with Gasteiger partial charge in [0, 0.05) is 19.4 Å². The molecule has 0 radical (unpaired) electrons. The zero-order chi connectivity index (χ0) is 13.9. The molecule has 100 valence electrons. The summed E-state index contributed by atoms with van der Waals surface area (Å²) in [6, 6.07) is 4.80. The van der Waals surface area contributed by atoms with Crippen molar-refractivity contribution in [2.45, 2.75) is 11.8 Å². The Hall–Kier alpha value is -2.15. The molecule has 0 bridgehead atoms. The number of nitrogens with one attached hydrogen (secondary N) is 2. The van der Waals surface area contributed by atoms with Crippen LogP contribution in [0.5, 0.6) is 0 Å². The van der Waals surface area contributed by atoms with E-state index >= 15 is 0 Å². The Kier molecular flexibility index (Phi) is 3.66. The number of rotatable bonds is 4. The SMILES string of the molecule is CNc1ccc(S(=O)(=O)Nc2cncc(C)c2)cn1. The van der Waals surface area contributed by atoms with Crippen molar-refractivity contribution < 1.29 is 8.42 Å². The molecule has 0 aliphatic rings. The molecule has 0 aliphatic heterocycles. The van der Waals surface area contributed by atoms with Crippen LogP contribution in [-0.2, 0) is 10.0 Å². The van der Waals surface area contributed by atoms with Gasteiger partial charge in [0.05, 0.1) is 11.9 Å². The van der Waals surface area contributed by atoms with E-state index < -0.39 is 10.0 Å². The van der Waals surface area contributed by atoms with Crippen molar-refractivity contribution in [2.75, 3.05) is 17.1 Å². The predicted molar refractivity (Wildman–Crippen MR) is 73.6 cm³/mol. The molecule has 2 rings (SSSR count). The van der Waals surface area contributed by atoms with Crippen LogP contribution in [0.4, 0.5) is 11.5 Å². The van der Waals surface area contributed by atoms with Crippen LogP contribution in [0.2, 0.25) is 0 Å². The quantitative estimate of drug-likeness (QED) is 0.888. The lowest BCUT2D eigenvalue weighted by Gasteiger charge is -2.08. The molecular formula is C12H14N4O2S. The largest absolute Gasteiger partial charge is 0.373 e. The molecule has 0 spiro atoms. The molecule has 0 fully saturated rings. The van der Waals surface area contributed by atoms with E-state index in [0.29, 0.717) is 11.5 Å². The fraction of sp³-hybridized carbons (Fsp3) is 0.167. The maximum Gasteiger partial charge on any atom is 0.263 e. The lowest BCUT2D eigenvalue weighted by molar-refractivity contribution is 0.601. The first-order valence-corrected chi connectivity index (χ1v) is 7.08. The predicted octanol–water partition coefficient (Wildman–Crippen LogP) is 1.63. The van der Waals surface area contributed by atoms with Gasteiger partial charge in [-0.3, -0.25) is 9.71 Å². The zero-order valence-corrected chi connectivity index (χ0v) is 11.4. The molecule has 0 atom stereocenters. The Balaban J connectivity index is 2.27. The number of hydrogen-bond acceptors (Lipinski definition) is 5. The molecular weight excluding hydrogens is 264 g/mol. The van der Waals surface area contributed by atoms with Crippen molar-refractivity contribution >= 4 is 21.5 Å². The molecule has 2 aromatic heterocycles. The Labute approximate surface area is 112 Å². The third kappa shape index (κ3) is 3.19. The van der Waals surface area contributed by atoms with Gasteiger partial charge in [-0.2, -0.15) is 0 Å². The van der Waals surface area contributed by atoms with Crippen LogP contribution in [0.25, 0.3) is 0 Å². The summed E-state index contributed by atoms with van der Waals surface area (Å²) in [4.78, 5) is 8.02. The molecule has 0 aromatic carbocycles. The minimum atomic E-state index is -3.64. The van der Waals surface area contributed by atoms with Gasteiger partial charge in [0.2, 0.25) is 0 Å². The first-order chi connectivity index (χ1) is 9.01. The van der Waals surface area contributed by atoms with Crippen molar-refractivity contribution in [3.8, 4) is 0 Å². The number of aryl methyl sites for hydroxylation is 1. The van der Waals surface area contributed by atoms with Crippen molar-refractivity contribution in [1.29, 1.82) is 0 Å². The van der Waals surface area contributed by atoms with Gasteiger partial charge in [-0.15, -0.1) is 0 Å². The van der Waals surface area contributed by atoms with E-state index in [1.807, 2.05) is 6.92 Å².